The average Bonchev–Trinajstić information content (AvgIpc) is 2.11. The lowest BCUT2D eigenvalue weighted by molar-refractivity contribution is 0.184. The van der Waals surface area contributed by atoms with Crippen molar-refractivity contribution in [2.45, 2.75) is 25.9 Å². The van der Waals surface area contributed by atoms with Gasteiger partial charge in [-0.3, -0.25) is 0 Å². The number of benzene rings is 1. The number of rotatable bonds is 3. The summed E-state index contributed by atoms with van der Waals surface area (Å²) in [5.74, 6) is -2.29. The lowest BCUT2D eigenvalue weighted by Crippen LogP contribution is -2.04. The fourth-order valence-corrected chi connectivity index (χ4v) is 1.17. The molecule has 0 radical (unpaired) electrons. The summed E-state index contributed by atoms with van der Waals surface area (Å²) in [6.45, 7) is 1.55. The molecule has 4 heteroatoms. The normalized spacial score (nSPS) is 12.9. The zero-order chi connectivity index (χ0) is 10.7. The van der Waals surface area contributed by atoms with Gasteiger partial charge in [0.1, 0.15) is 5.75 Å². The SMILES string of the molecule is CC(O)CCc1c(O)ccc(F)c1F. The van der Waals surface area contributed by atoms with E-state index in [0.29, 0.717) is 0 Å². The molecule has 0 aromatic heterocycles. The van der Waals surface area contributed by atoms with Crippen LogP contribution in [-0.2, 0) is 6.42 Å². The summed E-state index contributed by atoms with van der Waals surface area (Å²) >= 11 is 0. The molecule has 2 N–H and O–H groups in total. The minimum atomic E-state index is -1.04. The van der Waals surface area contributed by atoms with Crippen LogP contribution in [0.15, 0.2) is 12.1 Å². The summed E-state index contributed by atoms with van der Waals surface area (Å²) in [6, 6.07) is 1.98. The van der Waals surface area contributed by atoms with Crippen LogP contribution in [0.1, 0.15) is 18.9 Å². The third-order valence-electron chi connectivity index (χ3n) is 1.98. The summed E-state index contributed by atoms with van der Waals surface area (Å²) in [6.07, 6.45) is -0.196. The van der Waals surface area contributed by atoms with Gasteiger partial charge >= 0.3 is 0 Å². The minimum absolute atomic E-state index is 0.0779. The molecule has 78 valence electrons. The molecule has 0 fully saturated rings. The first-order valence-electron chi connectivity index (χ1n) is 4.36. The number of aliphatic hydroxyl groups is 1. The number of phenols is 1. The van der Waals surface area contributed by atoms with E-state index >= 15 is 0 Å². The topological polar surface area (TPSA) is 40.5 Å². The molecule has 2 nitrogen and oxygen atoms in total. The molecule has 0 aliphatic rings. The zero-order valence-corrected chi connectivity index (χ0v) is 7.80. The average molecular weight is 202 g/mol. The predicted molar refractivity (Wildman–Crippen MR) is 48.0 cm³/mol. The Labute approximate surface area is 80.8 Å². The second-order valence-electron chi connectivity index (χ2n) is 3.25. The molecule has 0 aliphatic heterocycles. The third-order valence-corrected chi connectivity index (χ3v) is 1.98. The fraction of sp³-hybridized carbons (Fsp3) is 0.400. The van der Waals surface area contributed by atoms with Gasteiger partial charge in [-0.05, 0) is 31.9 Å². The predicted octanol–water partition coefficient (Wildman–Crippen LogP) is 1.98. The van der Waals surface area contributed by atoms with Crippen molar-refractivity contribution in [3.63, 3.8) is 0 Å². The van der Waals surface area contributed by atoms with Crippen LogP contribution in [0.5, 0.6) is 5.75 Å². The van der Waals surface area contributed by atoms with Gasteiger partial charge in [-0.25, -0.2) is 8.78 Å². The number of aromatic hydroxyl groups is 1. The molecule has 0 spiro atoms. The Morgan fingerprint density at radius 1 is 1.36 bits per heavy atom. The van der Waals surface area contributed by atoms with E-state index in [1.54, 1.807) is 6.92 Å². The summed E-state index contributed by atoms with van der Waals surface area (Å²) in [7, 11) is 0. The van der Waals surface area contributed by atoms with Crippen LogP contribution in [0.4, 0.5) is 8.78 Å². The molecule has 14 heavy (non-hydrogen) atoms. The van der Waals surface area contributed by atoms with E-state index in [9.17, 15) is 13.9 Å². The van der Waals surface area contributed by atoms with E-state index in [4.69, 9.17) is 5.11 Å². The van der Waals surface area contributed by atoms with Gasteiger partial charge < -0.3 is 10.2 Å². The number of hydrogen-bond acceptors (Lipinski definition) is 2. The van der Waals surface area contributed by atoms with Gasteiger partial charge in [-0.15, -0.1) is 0 Å². The van der Waals surface area contributed by atoms with Crippen molar-refractivity contribution in [1.29, 1.82) is 0 Å². The molecule has 1 atom stereocenters. The van der Waals surface area contributed by atoms with Crippen molar-refractivity contribution in [3.05, 3.63) is 29.3 Å². The van der Waals surface area contributed by atoms with E-state index in [1.807, 2.05) is 0 Å². The Kier molecular flexibility index (Phi) is 3.41. The molecular weight excluding hydrogens is 190 g/mol. The molecule has 0 bridgehead atoms. The fourth-order valence-electron chi connectivity index (χ4n) is 1.17. The molecule has 1 aromatic rings. The highest BCUT2D eigenvalue weighted by Crippen LogP contribution is 2.24. The van der Waals surface area contributed by atoms with Crippen LogP contribution < -0.4 is 0 Å². The van der Waals surface area contributed by atoms with E-state index in [-0.39, 0.29) is 24.2 Å². The molecular formula is C10H12F2O2. The molecule has 0 aliphatic carbocycles. The molecule has 0 saturated heterocycles. The molecule has 0 heterocycles. The second-order valence-corrected chi connectivity index (χ2v) is 3.25. The van der Waals surface area contributed by atoms with Crippen LogP contribution in [0.25, 0.3) is 0 Å². The van der Waals surface area contributed by atoms with Gasteiger partial charge in [0.05, 0.1) is 6.10 Å². The van der Waals surface area contributed by atoms with E-state index in [1.165, 1.54) is 0 Å². The Morgan fingerprint density at radius 3 is 2.57 bits per heavy atom. The maximum absolute atomic E-state index is 13.1. The Hall–Kier alpha value is -1.16. The summed E-state index contributed by atoms with van der Waals surface area (Å²) in [4.78, 5) is 0. The van der Waals surface area contributed by atoms with Gasteiger partial charge in [0.2, 0.25) is 0 Å². The summed E-state index contributed by atoms with van der Waals surface area (Å²) < 4.78 is 25.8. The van der Waals surface area contributed by atoms with E-state index < -0.39 is 17.7 Å². The number of halogens is 2. The van der Waals surface area contributed by atoms with Crippen molar-refractivity contribution >= 4 is 0 Å². The van der Waals surface area contributed by atoms with Crippen LogP contribution in [0, 0.1) is 11.6 Å². The highest BCUT2D eigenvalue weighted by molar-refractivity contribution is 5.34. The highest BCUT2D eigenvalue weighted by atomic mass is 19.2. The maximum Gasteiger partial charge on any atom is 0.165 e. The highest BCUT2D eigenvalue weighted by Gasteiger charge is 2.13. The standard InChI is InChI=1S/C10H12F2O2/c1-6(13)2-3-7-9(14)5-4-8(11)10(7)12/h4-6,13-14H,2-3H2,1H3. The molecule has 1 rings (SSSR count). The van der Waals surface area contributed by atoms with Gasteiger partial charge in [-0.2, -0.15) is 0 Å². The van der Waals surface area contributed by atoms with Crippen LogP contribution in [0.2, 0.25) is 0 Å². The third kappa shape index (κ3) is 2.42. The number of phenolic OH excluding ortho intramolecular Hbond substituents is 1. The van der Waals surface area contributed by atoms with E-state index in [2.05, 4.69) is 0 Å². The van der Waals surface area contributed by atoms with Gasteiger partial charge in [0.25, 0.3) is 0 Å². The molecule has 1 unspecified atom stereocenters. The van der Waals surface area contributed by atoms with E-state index in [0.717, 1.165) is 12.1 Å². The lowest BCUT2D eigenvalue weighted by atomic mass is 10.1. The second kappa shape index (κ2) is 4.37. The largest absolute Gasteiger partial charge is 0.508 e. The smallest absolute Gasteiger partial charge is 0.165 e. The van der Waals surface area contributed by atoms with Gasteiger partial charge in [0, 0.05) is 5.56 Å². The molecule has 0 amide bonds. The van der Waals surface area contributed by atoms with Crippen molar-refractivity contribution in [1.82, 2.24) is 0 Å². The Bertz CT molecular complexity index is 324. The Morgan fingerprint density at radius 2 is 2.00 bits per heavy atom. The zero-order valence-electron chi connectivity index (χ0n) is 7.80. The Balaban J connectivity index is 2.89. The van der Waals surface area contributed by atoms with Crippen molar-refractivity contribution in [3.8, 4) is 5.75 Å². The minimum Gasteiger partial charge on any atom is -0.508 e. The van der Waals surface area contributed by atoms with Crippen LogP contribution in [-0.4, -0.2) is 16.3 Å². The number of aliphatic hydroxyl groups excluding tert-OH is 1. The molecule has 1 aromatic carbocycles. The first kappa shape index (κ1) is 10.9. The monoisotopic (exact) mass is 202 g/mol. The van der Waals surface area contributed by atoms with Crippen LogP contribution in [0.3, 0.4) is 0 Å². The number of hydrogen-bond donors (Lipinski definition) is 2. The van der Waals surface area contributed by atoms with Crippen molar-refractivity contribution in [2.75, 3.05) is 0 Å². The quantitative estimate of drug-likeness (QED) is 0.786. The van der Waals surface area contributed by atoms with Gasteiger partial charge in [0.15, 0.2) is 11.6 Å². The van der Waals surface area contributed by atoms with Gasteiger partial charge in [-0.1, -0.05) is 0 Å². The summed E-state index contributed by atoms with van der Waals surface area (Å²) in [5, 5.41) is 18.2. The van der Waals surface area contributed by atoms with Crippen molar-refractivity contribution in [2.24, 2.45) is 0 Å². The van der Waals surface area contributed by atoms with Crippen molar-refractivity contribution < 1.29 is 19.0 Å². The maximum atomic E-state index is 13.1. The molecule has 0 saturated carbocycles. The first-order valence-corrected chi connectivity index (χ1v) is 4.36. The first-order chi connectivity index (χ1) is 6.52. The summed E-state index contributed by atoms with van der Waals surface area (Å²) in [5.41, 5.74) is -0.0779. The van der Waals surface area contributed by atoms with Crippen LogP contribution >= 0.6 is 0 Å². The lowest BCUT2D eigenvalue weighted by Gasteiger charge is -2.07.